The van der Waals surface area contributed by atoms with Crippen LogP contribution >= 0.6 is 11.6 Å². The highest BCUT2D eigenvalue weighted by Gasteiger charge is 2.71. The second kappa shape index (κ2) is 8.62. The maximum absolute atomic E-state index is 14.6. The molecular formula is C34H24ClNO3. The van der Waals surface area contributed by atoms with Crippen LogP contribution in [0.1, 0.15) is 53.7 Å². The summed E-state index contributed by atoms with van der Waals surface area (Å²) in [5.41, 5.74) is 3.36. The summed E-state index contributed by atoms with van der Waals surface area (Å²) in [4.78, 5) is 45.7. The molecular weight excluding hydrogens is 506 g/mol. The van der Waals surface area contributed by atoms with Crippen LogP contribution in [0.3, 0.4) is 0 Å². The summed E-state index contributed by atoms with van der Waals surface area (Å²) in [6.07, 6.45) is 3.84. The first-order valence-electron chi connectivity index (χ1n) is 13.0. The zero-order chi connectivity index (χ0) is 26.9. The number of rotatable bonds is 3. The molecule has 5 heteroatoms. The van der Waals surface area contributed by atoms with E-state index in [1.165, 1.54) is 0 Å². The Hall–Kier alpha value is -4.28. The topological polar surface area (TPSA) is 54.5 Å². The third-order valence-electron chi connectivity index (χ3n) is 8.53. The van der Waals surface area contributed by atoms with E-state index in [4.69, 9.17) is 11.6 Å². The van der Waals surface area contributed by atoms with Gasteiger partial charge in [0.1, 0.15) is 11.5 Å². The summed E-state index contributed by atoms with van der Waals surface area (Å²) in [6.45, 7) is 1.99. The summed E-state index contributed by atoms with van der Waals surface area (Å²) < 4.78 is 0. The predicted molar refractivity (Wildman–Crippen MR) is 153 cm³/mol. The fraction of sp³-hybridized carbons (Fsp3) is 0.147. The number of hydrogen-bond acceptors (Lipinski definition) is 4. The summed E-state index contributed by atoms with van der Waals surface area (Å²) in [7, 11) is 0. The van der Waals surface area contributed by atoms with Gasteiger partial charge in [0.25, 0.3) is 0 Å². The Morgan fingerprint density at radius 1 is 0.821 bits per heavy atom. The zero-order valence-corrected chi connectivity index (χ0v) is 21.9. The van der Waals surface area contributed by atoms with Gasteiger partial charge in [-0.15, -0.1) is 0 Å². The van der Waals surface area contributed by atoms with Gasteiger partial charge in [0, 0.05) is 33.3 Å². The number of carbonyl (C=O) groups is 3. The number of anilines is 1. The quantitative estimate of drug-likeness (QED) is 0.212. The van der Waals surface area contributed by atoms with Crippen LogP contribution in [0.25, 0.3) is 6.08 Å². The Bertz CT molecular complexity index is 1670. The Balaban J connectivity index is 1.55. The molecule has 1 saturated heterocycles. The second-order valence-electron chi connectivity index (χ2n) is 10.6. The van der Waals surface area contributed by atoms with Crippen LogP contribution in [0.5, 0.6) is 0 Å². The predicted octanol–water partition coefficient (Wildman–Crippen LogP) is 6.96. The van der Waals surface area contributed by atoms with Gasteiger partial charge in [0.2, 0.25) is 0 Å². The molecule has 1 fully saturated rings. The van der Waals surface area contributed by atoms with Gasteiger partial charge in [-0.1, -0.05) is 108 Å². The molecule has 0 N–H and O–H groups in total. The van der Waals surface area contributed by atoms with Gasteiger partial charge in [0.15, 0.2) is 17.3 Å². The summed E-state index contributed by atoms with van der Waals surface area (Å²) in [5.74, 6) is -1.30. The standard InChI is InChI=1S/C34H24ClNO3/c1-20-11-13-21(14-12-20)29-30(31(37)22-7-3-2-4-8-22)36-27-17-16-24(35)19-23(27)15-18-28(36)34(29)32(38)25-9-5-6-10-26(25)33(34)39/h2-19,28-30H,1H3. The lowest BCUT2D eigenvalue weighted by Gasteiger charge is -2.37. The molecule has 3 aliphatic rings. The second-order valence-corrected chi connectivity index (χ2v) is 11.0. The highest BCUT2D eigenvalue weighted by atomic mass is 35.5. The molecule has 3 atom stereocenters. The van der Waals surface area contributed by atoms with E-state index in [9.17, 15) is 14.4 Å². The molecule has 2 heterocycles. The van der Waals surface area contributed by atoms with Crippen molar-refractivity contribution in [2.75, 3.05) is 4.90 Å². The lowest BCUT2D eigenvalue weighted by Crippen LogP contribution is -2.48. The zero-order valence-electron chi connectivity index (χ0n) is 21.2. The molecule has 4 aromatic carbocycles. The summed E-state index contributed by atoms with van der Waals surface area (Å²) in [5, 5.41) is 0.576. The number of ketones is 3. The minimum Gasteiger partial charge on any atom is -0.352 e. The Labute approximate surface area is 231 Å². The molecule has 190 valence electrons. The van der Waals surface area contributed by atoms with Crippen molar-refractivity contribution < 1.29 is 14.4 Å². The van der Waals surface area contributed by atoms with E-state index in [1.807, 2.05) is 78.6 Å². The molecule has 0 saturated carbocycles. The van der Waals surface area contributed by atoms with Crippen molar-refractivity contribution in [3.05, 3.63) is 142 Å². The highest BCUT2D eigenvalue weighted by molar-refractivity contribution is 6.32. The van der Waals surface area contributed by atoms with Crippen molar-refractivity contribution >= 4 is 40.7 Å². The van der Waals surface area contributed by atoms with Gasteiger partial charge in [0.05, 0.1) is 6.04 Å². The number of nitrogens with zero attached hydrogens (tertiary/aromatic N) is 1. The van der Waals surface area contributed by atoms with Crippen molar-refractivity contribution in [1.29, 1.82) is 0 Å². The monoisotopic (exact) mass is 529 g/mol. The number of hydrogen-bond donors (Lipinski definition) is 0. The number of fused-ring (bicyclic) bond motifs is 5. The maximum Gasteiger partial charge on any atom is 0.185 e. The molecule has 0 amide bonds. The molecule has 4 nitrogen and oxygen atoms in total. The van der Waals surface area contributed by atoms with E-state index in [-0.39, 0.29) is 17.3 Å². The first kappa shape index (κ1) is 23.8. The van der Waals surface area contributed by atoms with E-state index >= 15 is 0 Å². The number of aryl methyl sites for hydroxylation is 1. The molecule has 0 bridgehead atoms. The van der Waals surface area contributed by atoms with Crippen molar-refractivity contribution in [3.8, 4) is 0 Å². The largest absolute Gasteiger partial charge is 0.352 e. The van der Waals surface area contributed by atoms with Crippen LogP contribution in [0, 0.1) is 12.3 Å². The third kappa shape index (κ3) is 3.22. The Morgan fingerprint density at radius 3 is 2.13 bits per heavy atom. The molecule has 1 aliphatic carbocycles. The number of halogens is 1. The molecule has 0 radical (unpaired) electrons. The van der Waals surface area contributed by atoms with Crippen LogP contribution in [0.15, 0.2) is 103 Å². The van der Waals surface area contributed by atoms with Crippen LogP contribution in [0.2, 0.25) is 5.02 Å². The molecule has 1 spiro atoms. The summed E-state index contributed by atoms with van der Waals surface area (Å²) >= 11 is 6.35. The van der Waals surface area contributed by atoms with Gasteiger partial charge in [-0.05, 0) is 36.2 Å². The maximum atomic E-state index is 14.6. The highest BCUT2D eigenvalue weighted by Crippen LogP contribution is 2.61. The molecule has 0 aromatic heterocycles. The average molecular weight is 530 g/mol. The van der Waals surface area contributed by atoms with E-state index < -0.39 is 23.4 Å². The van der Waals surface area contributed by atoms with E-state index in [0.717, 1.165) is 22.4 Å². The van der Waals surface area contributed by atoms with Crippen molar-refractivity contribution in [2.24, 2.45) is 5.41 Å². The molecule has 4 aromatic rings. The van der Waals surface area contributed by atoms with Gasteiger partial charge in [-0.2, -0.15) is 0 Å². The van der Waals surface area contributed by atoms with Crippen LogP contribution in [0.4, 0.5) is 5.69 Å². The van der Waals surface area contributed by atoms with Crippen LogP contribution in [-0.2, 0) is 0 Å². The Morgan fingerprint density at radius 2 is 1.46 bits per heavy atom. The molecule has 7 rings (SSSR count). The number of Topliss-reactive ketones (excluding diaryl/α,β-unsaturated/α-hetero) is 3. The first-order valence-corrected chi connectivity index (χ1v) is 13.4. The number of benzene rings is 4. The van der Waals surface area contributed by atoms with Gasteiger partial charge in [-0.25, -0.2) is 0 Å². The lowest BCUT2D eigenvalue weighted by atomic mass is 9.64. The number of carbonyl (C=O) groups excluding carboxylic acids is 3. The summed E-state index contributed by atoms with van der Waals surface area (Å²) in [6, 6.07) is 28.1. The lowest BCUT2D eigenvalue weighted by molar-refractivity contribution is 0.0666. The Kier molecular flexibility index (Phi) is 5.26. The van der Waals surface area contributed by atoms with Gasteiger partial charge in [-0.3, -0.25) is 14.4 Å². The van der Waals surface area contributed by atoms with E-state index in [0.29, 0.717) is 21.7 Å². The molecule has 2 aliphatic heterocycles. The van der Waals surface area contributed by atoms with Gasteiger partial charge < -0.3 is 4.90 Å². The van der Waals surface area contributed by atoms with Gasteiger partial charge >= 0.3 is 0 Å². The SMILES string of the molecule is Cc1ccc(C2C(C(=O)c3ccccc3)N3c4ccc(Cl)cc4C=CC3C23C(=O)c2ccccc2C3=O)cc1. The smallest absolute Gasteiger partial charge is 0.185 e. The average Bonchev–Trinajstić information content (AvgIpc) is 3.39. The first-order chi connectivity index (χ1) is 18.9. The fourth-order valence-corrected chi connectivity index (χ4v) is 7.05. The fourth-order valence-electron chi connectivity index (χ4n) is 6.87. The minimum atomic E-state index is -1.50. The minimum absolute atomic E-state index is 0.129. The van der Waals surface area contributed by atoms with Crippen molar-refractivity contribution in [3.63, 3.8) is 0 Å². The van der Waals surface area contributed by atoms with Crippen molar-refractivity contribution in [1.82, 2.24) is 0 Å². The molecule has 3 unspecified atom stereocenters. The normalized spacial score (nSPS) is 22.1. The van der Waals surface area contributed by atoms with E-state index in [2.05, 4.69) is 0 Å². The third-order valence-corrected chi connectivity index (χ3v) is 8.76. The van der Waals surface area contributed by atoms with Crippen LogP contribution in [-0.4, -0.2) is 29.4 Å². The van der Waals surface area contributed by atoms with E-state index in [1.54, 1.807) is 42.5 Å². The van der Waals surface area contributed by atoms with Crippen molar-refractivity contribution in [2.45, 2.75) is 24.9 Å². The van der Waals surface area contributed by atoms with Crippen LogP contribution < -0.4 is 4.90 Å². The molecule has 39 heavy (non-hydrogen) atoms.